The van der Waals surface area contributed by atoms with Gasteiger partial charge in [0.25, 0.3) is 0 Å². The maximum absolute atomic E-state index is 9.76. The molecule has 0 atom stereocenters. The highest BCUT2D eigenvalue weighted by molar-refractivity contribution is 6.56. The first-order chi connectivity index (χ1) is 5.36. The first-order valence-corrected chi connectivity index (χ1v) is 4.30. The van der Waals surface area contributed by atoms with Gasteiger partial charge in [-0.2, -0.15) is 0 Å². The van der Waals surface area contributed by atoms with Crippen molar-refractivity contribution in [1.29, 1.82) is 0 Å². The first kappa shape index (κ1) is 14.5. The molecule has 0 aromatic rings. The minimum absolute atomic E-state index is 0.844. The van der Waals surface area contributed by atoms with Gasteiger partial charge < -0.3 is 9.84 Å². The lowest BCUT2D eigenvalue weighted by atomic mass is 10.5. The molecule has 74 valence electrons. The van der Waals surface area contributed by atoms with E-state index in [1.54, 1.807) is 0 Å². The molecule has 0 bridgehead atoms. The molecule has 0 aliphatic heterocycles. The summed E-state index contributed by atoms with van der Waals surface area (Å²) in [5.74, 6) is -1.23. The number of alkyl halides is 2. The van der Waals surface area contributed by atoms with Gasteiger partial charge in [0.1, 0.15) is 0 Å². The number of hydrogen-bond acceptors (Lipinski definition) is 2. The smallest absolute Gasteiger partial charge is 0.339 e. The molecule has 0 aliphatic carbocycles. The summed E-state index contributed by atoms with van der Waals surface area (Å²) in [5, 5.41) is 7.99. The quantitative estimate of drug-likeness (QED) is 0.737. The Morgan fingerprint density at radius 2 is 1.67 bits per heavy atom. The van der Waals surface area contributed by atoms with Gasteiger partial charge in [-0.05, 0) is 20.8 Å². The first-order valence-electron chi connectivity index (χ1n) is 3.55. The lowest BCUT2D eigenvalue weighted by Gasteiger charge is -2.02. The van der Waals surface area contributed by atoms with Gasteiger partial charge in [-0.25, -0.2) is 4.79 Å². The van der Waals surface area contributed by atoms with Gasteiger partial charge in [0, 0.05) is 13.2 Å². The fraction of sp³-hybridized carbons (Fsp3) is 0.857. The van der Waals surface area contributed by atoms with Crippen molar-refractivity contribution in [3.63, 3.8) is 0 Å². The zero-order valence-electron chi connectivity index (χ0n) is 7.43. The third-order valence-corrected chi connectivity index (χ3v) is 1.11. The van der Waals surface area contributed by atoms with Crippen molar-refractivity contribution in [3.05, 3.63) is 0 Å². The molecule has 0 aromatic carbocycles. The van der Waals surface area contributed by atoms with E-state index < -0.39 is 10.3 Å². The van der Waals surface area contributed by atoms with Crippen LogP contribution in [-0.2, 0) is 9.53 Å². The van der Waals surface area contributed by atoms with E-state index in [-0.39, 0.29) is 0 Å². The Balaban J connectivity index is 0. The summed E-state index contributed by atoms with van der Waals surface area (Å²) in [6.45, 7) is 6.86. The predicted octanol–water partition coefficient (Wildman–Crippen LogP) is 2.31. The average Bonchev–Trinajstić information content (AvgIpc) is 1.88. The largest absolute Gasteiger partial charge is 0.479 e. The minimum atomic E-state index is -1.64. The second-order valence-corrected chi connectivity index (χ2v) is 3.68. The molecule has 0 radical (unpaired) electrons. The number of carboxylic acid groups (broad SMARTS) is 1. The van der Waals surface area contributed by atoms with Crippen LogP contribution >= 0.6 is 23.2 Å². The van der Waals surface area contributed by atoms with Gasteiger partial charge in [-0.1, -0.05) is 23.2 Å². The molecule has 12 heavy (non-hydrogen) atoms. The van der Waals surface area contributed by atoms with E-state index in [1.807, 2.05) is 13.8 Å². The third kappa shape index (κ3) is 12.7. The van der Waals surface area contributed by atoms with Crippen molar-refractivity contribution in [3.8, 4) is 0 Å². The maximum Gasteiger partial charge on any atom is 0.339 e. The van der Waals surface area contributed by atoms with E-state index in [1.165, 1.54) is 6.92 Å². The van der Waals surface area contributed by atoms with Gasteiger partial charge in [0.15, 0.2) is 0 Å². The van der Waals surface area contributed by atoms with Crippen molar-refractivity contribution in [1.82, 2.24) is 0 Å². The molecule has 3 nitrogen and oxygen atoms in total. The van der Waals surface area contributed by atoms with E-state index in [9.17, 15) is 4.79 Å². The number of hydrogen-bond donors (Lipinski definition) is 1. The van der Waals surface area contributed by atoms with Crippen LogP contribution in [0.5, 0.6) is 0 Å². The summed E-state index contributed by atoms with van der Waals surface area (Å²) in [7, 11) is 0. The van der Waals surface area contributed by atoms with Crippen LogP contribution in [0.15, 0.2) is 0 Å². The Kier molecular flexibility index (Phi) is 9.26. The Bertz CT molecular complexity index is 118. The van der Waals surface area contributed by atoms with Gasteiger partial charge in [-0.15, -0.1) is 0 Å². The summed E-state index contributed by atoms with van der Waals surface area (Å²) in [5.41, 5.74) is 0. The van der Waals surface area contributed by atoms with Crippen LogP contribution in [0, 0.1) is 0 Å². The number of halogens is 2. The van der Waals surface area contributed by atoms with E-state index in [0.717, 1.165) is 13.2 Å². The third-order valence-electron chi connectivity index (χ3n) is 0.784. The van der Waals surface area contributed by atoms with Gasteiger partial charge in [0.05, 0.1) is 0 Å². The molecule has 0 aliphatic rings. The van der Waals surface area contributed by atoms with Crippen molar-refractivity contribution in [2.24, 2.45) is 0 Å². The SMILES string of the molecule is CC(Cl)(Cl)C(=O)O.CCOCC. The molecule has 0 aromatic heterocycles. The Labute approximate surface area is 82.6 Å². The van der Waals surface area contributed by atoms with Crippen LogP contribution in [0.25, 0.3) is 0 Å². The van der Waals surface area contributed by atoms with Gasteiger partial charge in [0.2, 0.25) is 4.33 Å². The van der Waals surface area contributed by atoms with Crippen LogP contribution in [-0.4, -0.2) is 28.6 Å². The molecule has 0 saturated carbocycles. The molecule has 0 spiro atoms. The molecule has 0 rings (SSSR count). The van der Waals surface area contributed by atoms with Crippen LogP contribution in [0.2, 0.25) is 0 Å². The number of carboxylic acids is 1. The number of rotatable bonds is 3. The molecule has 0 amide bonds. The van der Waals surface area contributed by atoms with Gasteiger partial charge >= 0.3 is 5.97 Å². The summed E-state index contributed by atoms with van der Waals surface area (Å²) in [4.78, 5) is 9.76. The number of carbonyl (C=O) groups is 1. The standard InChI is InChI=1S/C4H10O.C3H4Cl2O2/c1-3-5-4-2;1-3(4,5)2(6)7/h3-4H2,1-2H3;1H3,(H,6,7). The van der Waals surface area contributed by atoms with E-state index in [0.29, 0.717) is 0 Å². The van der Waals surface area contributed by atoms with E-state index >= 15 is 0 Å². The Morgan fingerprint density at radius 3 is 1.67 bits per heavy atom. The highest BCUT2D eigenvalue weighted by Crippen LogP contribution is 2.18. The summed E-state index contributed by atoms with van der Waals surface area (Å²) in [6.07, 6.45) is 0. The average molecular weight is 217 g/mol. The molecular weight excluding hydrogens is 203 g/mol. The highest BCUT2D eigenvalue weighted by atomic mass is 35.5. The maximum atomic E-state index is 9.76. The minimum Gasteiger partial charge on any atom is -0.479 e. The lowest BCUT2D eigenvalue weighted by Crippen LogP contribution is -2.19. The van der Waals surface area contributed by atoms with E-state index in [2.05, 4.69) is 0 Å². The summed E-state index contributed by atoms with van der Waals surface area (Å²) in [6, 6.07) is 0. The lowest BCUT2D eigenvalue weighted by molar-refractivity contribution is -0.137. The van der Waals surface area contributed by atoms with E-state index in [4.69, 9.17) is 33.0 Å². The zero-order valence-corrected chi connectivity index (χ0v) is 8.95. The molecule has 1 N–H and O–H groups in total. The van der Waals surface area contributed by atoms with Crippen LogP contribution < -0.4 is 0 Å². The fourth-order valence-corrected chi connectivity index (χ4v) is 0.204. The van der Waals surface area contributed by atoms with Crippen molar-refractivity contribution in [2.45, 2.75) is 25.1 Å². The van der Waals surface area contributed by atoms with Gasteiger partial charge in [-0.3, -0.25) is 0 Å². The fourth-order valence-electron chi connectivity index (χ4n) is 0.204. The second-order valence-electron chi connectivity index (χ2n) is 1.98. The molecule has 0 heterocycles. The topological polar surface area (TPSA) is 46.5 Å². The molecule has 0 fully saturated rings. The molecule has 0 unspecified atom stereocenters. The molecule has 0 saturated heterocycles. The van der Waals surface area contributed by atoms with Crippen molar-refractivity contribution < 1.29 is 14.6 Å². The summed E-state index contributed by atoms with van der Waals surface area (Å²) < 4.78 is 3.19. The van der Waals surface area contributed by atoms with Crippen molar-refractivity contribution in [2.75, 3.05) is 13.2 Å². The Hall–Kier alpha value is 0.01000. The second kappa shape index (κ2) is 7.65. The Morgan fingerprint density at radius 1 is 1.42 bits per heavy atom. The van der Waals surface area contributed by atoms with Crippen LogP contribution in [0.4, 0.5) is 0 Å². The number of ether oxygens (including phenoxy) is 1. The molecular formula is C7H14Cl2O3. The van der Waals surface area contributed by atoms with Crippen LogP contribution in [0.3, 0.4) is 0 Å². The predicted molar refractivity (Wildman–Crippen MR) is 49.9 cm³/mol. The van der Waals surface area contributed by atoms with Crippen molar-refractivity contribution >= 4 is 29.2 Å². The summed E-state index contributed by atoms with van der Waals surface area (Å²) >= 11 is 10.1. The molecule has 5 heteroatoms. The van der Waals surface area contributed by atoms with Crippen LogP contribution in [0.1, 0.15) is 20.8 Å². The monoisotopic (exact) mass is 216 g/mol. The highest BCUT2D eigenvalue weighted by Gasteiger charge is 2.25. The normalized spacial score (nSPS) is 10.1. The zero-order chi connectivity index (χ0) is 10.2. The number of aliphatic carboxylic acids is 1.